The Hall–Kier alpha value is -4.48. The Morgan fingerprint density at radius 1 is 1.25 bits per heavy atom. The van der Waals surface area contributed by atoms with Crippen molar-refractivity contribution in [2.24, 2.45) is 0 Å². The highest BCUT2D eigenvalue weighted by Gasteiger charge is 2.48. The van der Waals surface area contributed by atoms with E-state index in [1.807, 2.05) is 0 Å². The van der Waals surface area contributed by atoms with Gasteiger partial charge in [0.05, 0.1) is 41.4 Å². The number of nitrogens with zero attached hydrogens (tertiary/aromatic N) is 5. The van der Waals surface area contributed by atoms with Crippen molar-refractivity contribution >= 4 is 34.5 Å². The summed E-state index contributed by atoms with van der Waals surface area (Å²) >= 11 is 0. The summed E-state index contributed by atoms with van der Waals surface area (Å²) in [6, 6.07) is 7.44. The summed E-state index contributed by atoms with van der Waals surface area (Å²) in [5.41, 5.74) is 6.49. The summed E-state index contributed by atoms with van der Waals surface area (Å²) in [7, 11) is 0. The molecule has 3 aromatic heterocycles. The van der Waals surface area contributed by atoms with E-state index in [2.05, 4.69) is 25.4 Å². The zero-order valence-electron chi connectivity index (χ0n) is 19.4. The summed E-state index contributed by atoms with van der Waals surface area (Å²) in [6.45, 7) is 3.39. The maximum absolute atomic E-state index is 14.3. The first-order valence-electron chi connectivity index (χ1n) is 11.1. The number of nitrogens with one attached hydrogen (secondary N) is 1. The molecule has 1 atom stereocenters. The normalized spacial score (nSPS) is 16.7. The minimum Gasteiger partial charge on any atom is -0.466 e. The number of esters is 1. The fourth-order valence-electron chi connectivity index (χ4n) is 4.35. The number of nitrogen functional groups attached to an aromatic ring is 1. The fraction of sp³-hybridized carbons (Fsp3) is 0.250. The van der Waals surface area contributed by atoms with Crippen molar-refractivity contribution in [3.05, 3.63) is 65.0 Å². The Labute approximate surface area is 203 Å². The van der Waals surface area contributed by atoms with Crippen LogP contribution in [0.1, 0.15) is 37.1 Å². The lowest BCUT2D eigenvalue weighted by Crippen LogP contribution is -2.34. The molecule has 4 heterocycles. The standard InChI is InChI=1S/C24H21F2N7O3/c1-3-36-17(34)10-24(2)18-20(27)29-23(31-21(18)30-22(24)35)33-16-9-13(25)11-28-19(16)15(32-33)8-12-6-4-5-7-14(12)26/h4-7,9,11H,3,8,10H2,1-2H3,(H3,27,29,30,31,35). The SMILES string of the molecule is CCOC(=O)CC1(C)C(=O)Nc2nc(-n3nc(Cc4ccccc4F)c4ncc(F)cc43)nc(N)c21. The number of benzene rings is 1. The quantitative estimate of drug-likeness (QED) is 0.391. The third-order valence-electron chi connectivity index (χ3n) is 6.07. The highest BCUT2D eigenvalue weighted by atomic mass is 19.1. The van der Waals surface area contributed by atoms with Gasteiger partial charge < -0.3 is 15.8 Å². The number of aromatic nitrogens is 5. The number of hydrogen-bond acceptors (Lipinski definition) is 8. The molecular weight excluding hydrogens is 472 g/mol. The summed E-state index contributed by atoms with van der Waals surface area (Å²) in [5.74, 6) is -2.08. The van der Waals surface area contributed by atoms with Gasteiger partial charge in [-0.2, -0.15) is 19.7 Å². The molecule has 1 amide bonds. The molecule has 0 aliphatic carbocycles. The van der Waals surface area contributed by atoms with Gasteiger partial charge in [0.25, 0.3) is 5.95 Å². The van der Waals surface area contributed by atoms with E-state index in [4.69, 9.17) is 10.5 Å². The van der Waals surface area contributed by atoms with Gasteiger partial charge in [0.15, 0.2) is 0 Å². The lowest BCUT2D eigenvalue weighted by atomic mass is 9.81. The van der Waals surface area contributed by atoms with Crippen molar-refractivity contribution in [1.29, 1.82) is 0 Å². The molecule has 0 radical (unpaired) electrons. The molecule has 1 unspecified atom stereocenters. The fourth-order valence-corrected chi connectivity index (χ4v) is 4.35. The second kappa shape index (κ2) is 8.63. The second-order valence-corrected chi connectivity index (χ2v) is 8.55. The monoisotopic (exact) mass is 493 g/mol. The number of pyridine rings is 1. The number of ether oxygens (including phenoxy) is 1. The van der Waals surface area contributed by atoms with E-state index < -0.39 is 28.9 Å². The molecule has 10 nitrogen and oxygen atoms in total. The van der Waals surface area contributed by atoms with E-state index in [1.54, 1.807) is 32.0 Å². The smallest absolute Gasteiger partial charge is 0.307 e. The predicted molar refractivity (Wildman–Crippen MR) is 125 cm³/mol. The van der Waals surface area contributed by atoms with Crippen LogP contribution in [0.4, 0.5) is 20.4 Å². The van der Waals surface area contributed by atoms with Crippen molar-refractivity contribution < 1.29 is 23.1 Å². The third-order valence-corrected chi connectivity index (χ3v) is 6.07. The maximum atomic E-state index is 14.3. The molecule has 0 bridgehead atoms. The molecule has 0 spiro atoms. The van der Waals surface area contributed by atoms with Crippen LogP contribution in [0.25, 0.3) is 17.0 Å². The molecule has 3 N–H and O–H groups in total. The molecule has 1 aromatic carbocycles. The number of halogens is 2. The van der Waals surface area contributed by atoms with Crippen LogP contribution in [-0.2, 0) is 26.2 Å². The molecule has 0 saturated carbocycles. The van der Waals surface area contributed by atoms with Crippen LogP contribution in [0, 0.1) is 11.6 Å². The Kier molecular flexibility index (Phi) is 5.58. The molecule has 4 aromatic rings. The van der Waals surface area contributed by atoms with Crippen LogP contribution in [0.15, 0.2) is 36.5 Å². The Balaban J connectivity index is 1.61. The number of anilines is 2. The summed E-state index contributed by atoms with van der Waals surface area (Å²) < 4.78 is 34.7. The van der Waals surface area contributed by atoms with Gasteiger partial charge >= 0.3 is 5.97 Å². The van der Waals surface area contributed by atoms with Crippen LogP contribution in [0.2, 0.25) is 0 Å². The van der Waals surface area contributed by atoms with Crippen LogP contribution in [0.5, 0.6) is 0 Å². The van der Waals surface area contributed by atoms with Gasteiger partial charge in [-0.25, -0.2) is 13.8 Å². The Morgan fingerprint density at radius 2 is 2.03 bits per heavy atom. The topological polar surface area (TPSA) is 138 Å². The van der Waals surface area contributed by atoms with Crippen LogP contribution >= 0.6 is 0 Å². The number of carbonyl (C=O) groups excluding carboxylic acids is 2. The van der Waals surface area contributed by atoms with Crippen LogP contribution in [0.3, 0.4) is 0 Å². The first-order valence-corrected chi connectivity index (χ1v) is 11.1. The largest absolute Gasteiger partial charge is 0.466 e. The summed E-state index contributed by atoms with van der Waals surface area (Å²) in [5, 5.41) is 7.13. The van der Waals surface area contributed by atoms with Crippen molar-refractivity contribution in [1.82, 2.24) is 24.7 Å². The maximum Gasteiger partial charge on any atom is 0.307 e. The van der Waals surface area contributed by atoms with Gasteiger partial charge in [0, 0.05) is 12.5 Å². The number of amides is 1. The van der Waals surface area contributed by atoms with Crippen molar-refractivity contribution in [3.8, 4) is 5.95 Å². The molecule has 5 rings (SSSR count). The van der Waals surface area contributed by atoms with E-state index in [-0.39, 0.29) is 48.1 Å². The predicted octanol–water partition coefficient (Wildman–Crippen LogP) is 2.82. The van der Waals surface area contributed by atoms with Crippen LogP contribution in [-0.4, -0.2) is 43.2 Å². The van der Waals surface area contributed by atoms with Gasteiger partial charge in [-0.1, -0.05) is 18.2 Å². The third kappa shape index (κ3) is 3.80. The van der Waals surface area contributed by atoms with Gasteiger partial charge in [-0.05, 0) is 25.5 Å². The minimum atomic E-state index is -1.33. The summed E-state index contributed by atoms with van der Waals surface area (Å²) in [4.78, 5) is 37.8. The van der Waals surface area contributed by atoms with E-state index >= 15 is 0 Å². The molecule has 12 heteroatoms. The van der Waals surface area contributed by atoms with Crippen molar-refractivity contribution in [3.63, 3.8) is 0 Å². The molecule has 1 aliphatic heterocycles. The number of nitrogens with two attached hydrogens (primary N) is 1. The number of rotatable bonds is 6. The Morgan fingerprint density at radius 3 is 2.78 bits per heavy atom. The highest BCUT2D eigenvalue weighted by Crippen LogP contribution is 2.42. The number of hydrogen-bond donors (Lipinski definition) is 2. The van der Waals surface area contributed by atoms with Gasteiger partial charge in [-0.3, -0.25) is 9.59 Å². The number of carbonyl (C=O) groups is 2. The molecule has 184 valence electrons. The van der Waals surface area contributed by atoms with E-state index in [0.717, 1.165) is 6.20 Å². The second-order valence-electron chi connectivity index (χ2n) is 8.55. The zero-order valence-corrected chi connectivity index (χ0v) is 19.4. The van der Waals surface area contributed by atoms with Crippen molar-refractivity contribution in [2.45, 2.75) is 32.1 Å². The average Bonchev–Trinajstić information content (AvgIpc) is 3.29. The van der Waals surface area contributed by atoms with Gasteiger partial charge in [0.1, 0.15) is 28.8 Å². The molecule has 36 heavy (non-hydrogen) atoms. The molecule has 0 saturated heterocycles. The first-order chi connectivity index (χ1) is 17.2. The van der Waals surface area contributed by atoms with Crippen LogP contribution < -0.4 is 11.1 Å². The minimum absolute atomic E-state index is 0.0517. The first kappa shape index (κ1) is 23.3. The van der Waals surface area contributed by atoms with E-state index in [1.165, 1.54) is 16.8 Å². The van der Waals surface area contributed by atoms with E-state index in [0.29, 0.717) is 16.8 Å². The van der Waals surface area contributed by atoms with Gasteiger partial charge in [0.2, 0.25) is 5.91 Å². The Bertz CT molecular complexity index is 1540. The molecule has 1 aliphatic rings. The molecular formula is C24H21F2N7O3. The lowest BCUT2D eigenvalue weighted by Gasteiger charge is -2.21. The van der Waals surface area contributed by atoms with E-state index in [9.17, 15) is 18.4 Å². The highest BCUT2D eigenvalue weighted by molar-refractivity contribution is 6.08. The average molecular weight is 493 g/mol. The molecule has 0 fully saturated rings. The summed E-state index contributed by atoms with van der Waals surface area (Å²) in [6.07, 6.45) is 0.876. The van der Waals surface area contributed by atoms with Crippen molar-refractivity contribution in [2.75, 3.05) is 17.7 Å². The lowest BCUT2D eigenvalue weighted by molar-refractivity contribution is -0.146. The number of fused-ring (bicyclic) bond motifs is 2. The van der Waals surface area contributed by atoms with Gasteiger partial charge in [-0.15, -0.1) is 0 Å². The zero-order chi connectivity index (χ0) is 25.6.